The first-order chi connectivity index (χ1) is 9.70. The van der Waals surface area contributed by atoms with Crippen molar-refractivity contribution in [3.63, 3.8) is 0 Å². The smallest absolute Gasteiger partial charge is 0.337 e. The van der Waals surface area contributed by atoms with Gasteiger partial charge in [-0.05, 0) is 19.1 Å². The van der Waals surface area contributed by atoms with Crippen LogP contribution in [0.1, 0.15) is 22.8 Å². The zero-order valence-corrected chi connectivity index (χ0v) is 11.1. The monoisotopic (exact) mass is 273 g/mol. The van der Waals surface area contributed by atoms with Crippen molar-refractivity contribution in [3.05, 3.63) is 53.9 Å². The Bertz CT molecular complexity index is 598. The molecule has 0 atom stereocenters. The molecule has 0 spiro atoms. The lowest BCUT2D eigenvalue weighted by atomic mass is 10.2. The number of nitrogens with zero attached hydrogens (tertiary/aromatic N) is 1. The largest absolute Gasteiger partial charge is 0.493 e. The first-order valence-corrected chi connectivity index (χ1v) is 6.22. The second kappa shape index (κ2) is 6.56. The number of benzene rings is 1. The van der Waals surface area contributed by atoms with Crippen LogP contribution >= 0.6 is 0 Å². The summed E-state index contributed by atoms with van der Waals surface area (Å²) >= 11 is 0. The number of pyridine rings is 1. The zero-order valence-electron chi connectivity index (χ0n) is 11.1. The molecule has 1 aromatic heterocycles. The highest BCUT2D eigenvalue weighted by molar-refractivity contribution is 5.87. The van der Waals surface area contributed by atoms with Gasteiger partial charge in [-0.2, -0.15) is 0 Å². The van der Waals surface area contributed by atoms with Gasteiger partial charge in [-0.1, -0.05) is 18.2 Å². The van der Waals surface area contributed by atoms with Gasteiger partial charge in [0, 0.05) is 11.8 Å². The number of aromatic nitrogens is 1. The van der Waals surface area contributed by atoms with Crippen molar-refractivity contribution >= 4 is 5.97 Å². The lowest BCUT2D eigenvalue weighted by Crippen LogP contribution is -2.02. The van der Waals surface area contributed by atoms with Gasteiger partial charge in [-0.3, -0.25) is 4.98 Å². The van der Waals surface area contributed by atoms with Gasteiger partial charge in [-0.25, -0.2) is 4.79 Å². The van der Waals surface area contributed by atoms with Crippen LogP contribution in [0.3, 0.4) is 0 Å². The van der Waals surface area contributed by atoms with Crippen LogP contribution in [0.25, 0.3) is 0 Å². The van der Waals surface area contributed by atoms with E-state index < -0.39 is 5.97 Å². The van der Waals surface area contributed by atoms with E-state index >= 15 is 0 Å². The van der Waals surface area contributed by atoms with Crippen molar-refractivity contribution in [3.8, 4) is 11.5 Å². The van der Waals surface area contributed by atoms with E-state index in [0.717, 1.165) is 11.3 Å². The maximum atomic E-state index is 10.9. The van der Waals surface area contributed by atoms with E-state index in [9.17, 15) is 4.79 Å². The molecule has 0 aliphatic carbocycles. The predicted octanol–water partition coefficient (Wildman–Crippen LogP) is 2.76. The number of aromatic carboxylic acids is 1. The van der Waals surface area contributed by atoms with E-state index in [2.05, 4.69) is 4.98 Å². The standard InChI is InChI=1S/C15H15NO4/c1-2-19-14-6-4-3-5-11(14)10-20-13-7-12(15(17)18)8-16-9-13/h3-9H,2,10H2,1H3,(H,17,18). The SMILES string of the molecule is CCOc1ccccc1COc1cncc(C(=O)O)c1. The molecule has 1 N–H and O–H groups in total. The van der Waals surface area contributed by atoms with Crippen LogP contribution in [0.4, 0.5) is 0 Å². The van der Waals surface area contributed by atoms with Gasteiger partial charge >= 0.3 is 5.97 Å². The summed E-state index contributed by atoms with van der Waals surface area (Å²) in [6.45, 7) is 2.78. The zero-order chi connectivity index (χ0) is 14.4. The van der Waals surface area contributed by atoms with Gasteiger partial charge in [0.2, 0.25) is 0 Å². The Labute approximate surface area is 116 Å². The molecular weight excluding hydrogens is 258 g/mol. The Morgan fingerprint density at radius 2 is 2.05 bits per heavy atom. The number of hydrogen-bond donors (Lipinski definition) is 1. The summed E-state index contributed by atoms with van der Waals surface area (Å²) in [5.74, 6) is 0.145. The minimum absolute atomic E-state index is 0.0978. The minimum atomic E-state index is -1.03. The molecule has 0 saturated heterocycles. The maximum absolute atomic E-state index is 10.9. The molecule has 0 saturated carbocycles. The Hall–Kier alpha value is -2.56. The summed E-state index contributed by atoms with van der Waals surface area (Å²) in [6.07, 6.45) is 2.76. The Kier molecular flexibility index (Phi) is 4.55. The van der Waals surface area contributed by atoms with Crippen LogP contribution in [-0.4, -0.2) is 22.7 Å². The number of para-hydroxylation sites is 1. The average molecular weight is 273 g/mol. The van der Waals surface area contributed by atoms with E-state index in [4.69, 9.17) is 14.6 Å². The van der Waals surface area contributed by atoms with Crippen molar-refractivity contribution in [2.75, 3.05) is 6.61 Å². The fourth-order valence-corrected chi connectivity index (χ4v) is 1.70. The number of rotatable bonds is 6. The fraction of sp³-hybridized carbons (Fsp3) is 0.200. The molecule has 20 heavy (non-hydrogen) atoms. The van der Waals surface area contributed by atoms with Crippen LogP contribution in [-0.2, 0) is 6.61 Å². The third-order valence-electron chi connectivity index (χ3n) is 2.63. The number of carboxylic acids is 1. The Morgan fingerprint density at radius 1 is 1.25 bits per heavy atom. The van der Waals surface area contributed by atoms with E-state index in [-0.39, 0.29) is 5.56 Å². The van der Waals surface area contributed by atoms with Crippen molar-refractivity contribution in [2.24, 2.45) is 0 Å². The quantitative estimate of drug-likeness (QED) is 0.876. The first-order valence-electron chi connectivity index (χ1n) is 6.22. The molecule has 1 aromatic carbocycles. The third kappa shape index (κ3) is 3.47. The topological polar surface area (TPSA) is 68.7 Å². The molecule has 5 nitrogen and oxygen atoms in total. The Morgan fingerprint density at radius 3 is 2.80 bits per heavy atom. The predicted molar refractivity (Wildman–Crippen MR) is 73.1 cm³/mol. The van der Waals surface area contributed by atoms with Crippen LogP contribution in [0.15, 0.2) is 42.7 Å². The van der Waals surface area contributed by atoms with Gasteiger partial charge < -0.3 is 14.6 Å². The number of ether oxygens (including phenoxy) is 2. The molecule has 0 bridgehead atoms. The molecule has 0 unspecified atom stereocenters. The first kappa shape index (κ1) is 13.9. The van der Waals surface area contributed by atoms with Crippen molar-refractivity contribution in [1.82, 2.24) is 4.98 Å². The molecule has 104 valence electrons. The molecule has 0 radical (unpaired) electrons. The van der Waals surface area contributed by atoms with Crippen molar-refractivity contribution in [2.45, 2.75) is 13.5 Å². The molecule has 0 amide bonds. The van der Waals surface area contributed by atoms with Crippen LogP contribution in [0.2, 0.25) is 0 Å². The number of hydrogen-bond acceptors (Lipinski definition) is 4. The summed E-state index contributed by atoms with van der Waals surface area (Å²) in [6, 6.07) is 9.00. The molecule has 2 aromatic rings. The number of carboxylic acid groups (broad SMARTS) is 1. The normalized spacial score (nSPS) is 10.1. The Balaban J connectivity index is 2.09. The third-order valence-corrected chi connectivity index (χ3v) is 2.63. The summed E-state index contributed by atoms with van der Waals surface area (Å²) in [4.78, 5) is 14.7. The van der Waals surface area contributed by atoms with E-state index in [1.165, 1.54) is 18.5 Å². The minimum Gasteiger partial charge on any atom is -0.493 e. The van der Waals surface area contributed by atoms with Gasteiger partial charge in [0.1, 0.15) is 18.1 Å². The summed E-state index contributed by atoms with van der Waals surface area (Å²) < 4.78 is 11.1. The van der Waals surface area contributed by atoms with Crippen molar-refractivity contribution < 1.29 is 19.4 Å². The van der Waals surface area contributed by atoms with Gasteiger partial charge in [-0.15, -0.1) is 0 Å². The molecule has 0 aliphatic heterocycles. The van der Waals surface area contributed by atoms with E-state index in [0.29, 0.717) is 19.0 Å². The lowest BCUT2D eigenvalue weighted by Gasteiger charge is -2.11. The fourth-order valence-electron chi connectivity index (χ4n) is 1.70. The molecule has 0 aliphatic rings. The van der Waals surface area contributed by atoms with Gasteiger partial charge in [0.05, 0.1) is 18.4 Å². The average Bonchev–Trinajstić information content (AvgIpc) is 2.47. The second-order valence-electron chi connectivity index (χ2n) is 4.04. The van der Waals surface area contributed by atoms with Gasteiger partial charge in [0.25, 0.3) is 0 Å². The highest BCUT2D eigenvalue weighted by Gasteiger charge is 2.07. The highest BCUT2D eigenvalue weighted by atomic mass is 16.5. The van der Waals surface area contributed by atoms with Crippen LogP contribution < -0.4 is 9.47 Å². The van der Waals surface area contributed by atoms with E-state index in [1.807, 2.05) is 31.2 Å². The second-order valence-corrected chi connectivity index (χ2v) is 4.04. The van der Waals surface area contributed by atoms with Crippen molar-refractivity contribution in [1.29, 1.82) is 0 Å². The molecular formula is C15H15NO4. The number of carbonyl (C=O) groups is 1. The summed E-state index contributed by atoms with van der Waals surface area (Å²) in [5.41, 5.74) is 0.996. The van der Waals surface area contributed by atoms with Crippen LogP contribution in [0.5, 0.6) is 11.5 Å². The lowest BCUT2D eigenvalue weighted by molar-refractivity contribution is 0.0696. The summed E-state index contributed by atoms with van der Waals surface area (Å²) in [5, 5.41) is 8.89. The van der Waals surface area contributed by atoms with Crippen LogP contribution in [0, 0.1) is 0 Å². The molecule has 1 heterocycles. The summed E-state index contributed by atoms with van der Waals surface area (Å²) in [7, 11) is 0. The van der Waals surface area contributed by atoms with Gasteiger partial charge in [0.15, 0.2) is 0 Å². The maximum Gasteiger partial charge on any atom is 0.337 e. The highest BCUT2D eigenvalue weighted by Crippen LogP contribution is 2.20. The molecule has 0 fully saturated rings. The van der Waals surface area contributed by atoms with E-state index in [1.54, 1.807) is 0 Å². The molecule has 2 rings (SSSR count). The molecule has 5 heteroatoms.